The highest BCUT2D eigenvalue weighted by atomic mass is 79.9. The third-order valence-electron chi connectivity index (χ3n) is 7.37. The molecular formula is C30H34BrNO8. The number of hydrogen-bond acceptors (Lipinski definition) is 9. The van der Waals surface area contributed by atoms with Gasteiger partial charge in [-0.1, -0.05) is 6.07 Å². The molecule has 214 valence electrons. The number of halogens is 1. The number of rotatable bonds is 10. The van der Waals surface area contributed by atoms with Crippen LogP contribution in [0.1, 0.15) is 42.7 Å². The fourth-order valence-electron chi connectivity index (χ4n) is 5.50. The van der Waals surface area contributed by atoms with Crippen LogP contribution in [0.15, 0.2) is 51.1 Å². The van der Waals surface area contributed by atoms with E-state index in [0.717, 1.165) is 11.1 Å². The van der Waals surface area contributed by atoms with E-state index in [2.05, 4.69) is 15.9 Å². The molecule has 0 spiro atoms. The largest absolute Gasteiger partial charge is 0.493 e. The molecule has 3 atom stereocenters. The molecule has 4 rings (SSSR count). The van der Waals surface area contributed by atoms with Gasteiger partial charge >= 0.3 is 5.97 Å². The van der Waals surface area contributed by atoms with Crippen LogP contribution >= 0.6 is 15.9 Å². The number of ether oxygens (including phenoxy) is 6. The quantitative estimate of drug-likeness (QED) is 0.264. The van der Waals surface area contributed by atoms with Gasteiger partial charge in [0.25, 0.3) is 0 Å². The van der Waals surface area contributed by atoms with Crippen molar-refractivity contribution in [2.45, 2.75) is 31.6 Å². The molecule has 2 aliphatic rings. The van der Waals surface area contributed by atoms with Gasteiger partial charge in [0.05, 0.1) is 39.5 Å². The summed E-state index contributed by atoms with van der Waals surface area (Å²) < 4.78 is 33.2. The van der Waals surface area contributed by atoms with Gasteiger partial charge < -0.3 is 28.4 Å². The van der Waals surface area contributed by atoms with Crippen molar-refractivity contribution in [3.05, 3.63) is 57.2 Å². The lowest BCUT2D eigenvalue weighted by Crippen LogP contribution is -2.38. The van der Waals surface area contributed by atoms with Gasteiger partial charge in [-0.05, 0) is 70.6 Å². The first-order valence-corrected chi connectivity index (χ1v) is 13.7. The van der Waals surface area contributed by atoms with Crippen LogP contribution in [0.25, 0.3) is 0 Å². The second kappa shape index (κ2) is 12.9. The van der Waals surface area contributed by atoms with Crippen molar-refractivity contribution in [3.63, 3.8) is 0 Å². The number of carbonyl (C=O) groups excluding carboxylic acids is 2. The van der Waals surface area contributed by atoms with Crippen LogP contribution in [0.2, 0.25) is 0 Å². The minimum Gasteiger partial charge on any atom is -0.493 e. The third kappa shape index (κ3) is 5.74. The van der Waals surface area contributed by atoms with Crippen LogP contribution in [-0.4, -0.2) is 66.2 Å². The predicted molar refractivity (Wildman–Crippen MR) is 153 cm³/mol. The Morgan fingerprint density at radius 2 is 1.60 bits per heavy atom. The third-order valence-corrected chi connectivity index (χ3v) is 7.96. The Bertz CT molecular complexity index is 1350. The van der Waals surface area contributed by atoms with Gasteiger partial charge in [-0.3, -0.25) is 14.6 Å². The van der Waals surface area contributed by atoms with E-state index in [4.69, 9.17) is 33.4 Å². The topological polar surface area (TPSA) is 102 Å². The molecule has 0 N–H and O–H groups in total. The van der Waals surface area contributed by atoms with Crippen LogP contribution < -0.4 is 18.9 Å². The number of hydrogen-bond donors (Lipinski definition) is 0. The molecule has 2 aromatic rings. The normalized spacial score (nSPS) is 20.4. The molecule has 0 bridgehead atoms. The highest BCUT2D eigenvalue weighted by molar-refractivity contribution is 9.10. The van der Waals surface area contributed by atoms with Crippen molar-refractivity contribution >= 4 is 33.4 Å². The lowest BCUT2D eigenvalue weighted by Gasteiger charge is -2.36. The first kappa shape index (κ1) is 29.6. The molecule has 0 saturated carbocycles. The zero-order valence-corrected chi connectivity index (χ0v) is 25.1. The van der Waals surface area contributed by atoms with E-state index in [0.29, 0.717) is 50.9 Å². The molecule has 1 aliphatic carbocycles. The average molecular weight is 617 g/mol. The van der Waals surface area contributed by atoms with Crippen molar-refractivity contribution in [2.75, 3.05) is 48.8 Å². The second-order valence-electron chi connectivity index (χ2n) is 9.61. The van der Waals surface area contributed by atoms with Crippen LogP contribution in [0.3, 0.4) is 0 Å². The Balaban J connectivity index is 1.81. The van der Waals surface area contributed by atoms with Crippen molar-refractivity contribution < 1.29 is 38.0 Å². The van der Waals surface area contributed by atoms with Crippen molar-refractivity contribution in [1.29, 1.82) is 0 Å². The Labute approximate surface area is 242 Å². The number of ketones is 1. The Hall–Kier alpha value is -3.37. The number of nitrogens with zero attached hydrogens (tertiary/aromatic N) is 1. The summed E-state index contributed by atoms with van der Waals surface area (Å²) >= 11 is 3.57. The second-order valence-corrected chi connectivity index (χ2v) is 10.5. The molecule has 9 nitrogen and oxygen atoms in total. The number of Topliss-reactive ketones (excluding diaryl/α,β-unsaturated/α-hetero) is 1. The molecule has 1 heterocycles. The maximum Gasteiger partial charge on any atom is 0.315 e. The van der Waals surface area contributed by atoms with Gasteiger partial charge in [-0.2, -0.15) is 0 Å². The molecule has 40 heavy (non-hydrogen) atoms. The maximum atomic E-state index is 13.9. The lowest BCUT2D eigenvalue weighted by atomic mass is 9.69. The number of benzene rings is 2. The summed E-state index contributed by atoms with van der Waals surface area (Å²) in [5, 5.41) is 0. The summed E-state index contributed by atoms with van der Waals surface area (Å²) in [6.45, 7) is 2.17. The van der Waals surface area contributed by atoms with E-state index in [1.165, 1.54) is 7.11 Å². The number of aliphatic imine (C=N–C) groups is 1. The van der Waals surface area contributed by atoms with E-state index in [1.807, 2.05) is 24.3 Å². The van der Waals surface area contributed by atoms with Crippen molar-refractivity contribution in [3.8, 4) is 23.0 Å². The lowest BCUT2D eigenvalue weighted by molar-refractivity contribution is -0.147. The molecule has 1 aliphatic heterocycles. The Morgan fingerprint density at radius 1 is 0.900 bits per heavy atom. The minimum absolute atomic E-state index is 0.0668. The number of allylic oxidation sites excluding steroid dienone is 2. The molecule has 0 radical (unpaired) electrons. The van der Waals surface area contributed by atoms with E-state index >= 15 is 0 Å². The molecule has 10 heteroatoms. The van der Waals surface area contributed by atoms with Crippen molar-refractivity contribution in [2.24, 2.45) is 10.9 Å². The van der Waals surface area contributed by atoms with Gasteiger partial charge in [0.2, 0.25) is 0 Å². The number of methoxy groups -OCH3 is 5. The molecule has 0 saturated heterocycles. The summed E-state index contributed by atoms with van der Waals surface area (Å²) in [6.07, 6.45) is 0.795. The zero-order chi connectivity index (χ0) is 29.0. The minimum atomic E-state index is -0.790. The Morgan fingerprint density at radius 3 is 2.25 bits per heavy atom. The monoisotopic (exact) mass is 615 g/mol. The van der Waals surface area contributed by atoms with E-state index in [9.17, 15) is 9.59 Å². The van der Waals surface area contributed by atoms with Crippen LogP contribution in [0, 0.1) is 5.92 Å². The first-order valence-electron chi connectivity index (χ1n) is 12.9. The molecule has 1 unspecified atom stereocenters. The summed E-state index contributed by atoms with van der Waals surface area (Å²) in [4.78, 5) is 32.2. The SMILES string of the molecule is COCCOC(=O)C1C(C)=NC2=C(C(=O)C[C@@H](c3ccc(OC)c(OC)c3)C2)[C@H]1c1cc(Br)c(OC)c(OC)c1. The maximum absolute atomic E-state index is 13.9. The highest BCUT2D eigenvalue weighted by Gasteiger charge is 2.45. The van der Waals surface area contributed by atoms with E-state index in [-0.39, 0.29) is 31.3 Å². The first-order chi connectivity index (χ1) is 19.3. The number of carbonyl (C=O) groups is 2. The van der Waals surface area contributed by atoms with Crippen molar-refractivity contribution in [1.82, 2.24) is 0 Å². The fraction of sp³-hybridized carbons (Fsp3) is 0.433. The van der Waals surface area contributed by atoms with Gasteiger partial charge in [0.1, 0.15) is 12.5 Å². The smallest absolute Gasteiger partial charge is 0.315 e. The van der Waals surface area contributed by atoms with Crippen LogP contribution in [0.5, 0.6) is 23.0 Å². The zero-order valence-electron chi connectivity index (χ0n) is 23.5. The highest BCUT2D eigenvalue weighted by Crippen LogP contribution is 2.49. The molecular weight excluding hydrogens is 582 g/mol. The van der Waals surface area contributed by atoms with Gasteiger partial charge in [-0.25, -0.2) is 0 Å². The van der Waals surface area contributed by atoms with Gasteiger partial charge in [-0.15, -0.1) is 0 Å². The summed E-state index contributed by atoms with van der Waals surface area (Å²) in [5.41, 5.74) is 3.45. The fourth-order valence-corrected chi connectivity index (χ4v) is 6.12. The summed E-state index contributed by atoms with van der Waals surface area (Å²) in [6, 6.07) is 9.36. The van der Waals surface area contributed by atoms with Gasteiger partial charge in [0.15, 0.2) is 28.8 Å². The molecule has 0 aromatic heterocycles. The van der Waals surface area contributed by atoms with Crippen LogP contribution in [-0.2, 0) is 19.1 Å². The molecule has 0 amide bonds. The van der Waals surface area contributed by atoms with Crippen LogP contribution in [0.4, 0.5) is 0 Å². The van der Waals surface area contributed by atoms with E-state index < -0.39 is 17.8 Å². The summed E-state index contributed by atoms with van der Waals surface area (Å²) in [7, 11) is 7.80. The molecule has 2 aromatic carbocycles. The predicted octanol–water partition coefficient (Wildman–Crippen LogP) is 5.25. The standard InChI is InChI=1S/C30H34BrNO8/c1-16-26(30(34)40-10-9-35-2)27(19-11-20(31)29(39-6)25(15-19)38-5)28-21(32-16)12-18(13-22(28)33)17-7-8-23(36-3)24(14-17)37-4/h7-8,11,14-15,18,26-27H,9-10,12-13H2,1-6H3/t18-,26?,27-/m0/s1. The van der Waals surface area contributed by atoms with Gasteiger partial charge in [0, 0.05) is 36.4 Å². The Kier molecular flexibility index (Phi) is 9.52. The van der Waals surface area contributed by atoms with E-state index in [1.54, 1.807) is 41.4 Å². The molecule has 0 fully saturated rings. The summed E-state index contributed by atoms with van der Waals surface area (Å²) in [5.74, 6) is 0.177. The number of esters is 1. The average Bonchev–Trinajstić information content (AvgIpc) is 2.95.